The molecule has 0 saturated carbocycles. The van der Waals surface area contributed by atoms with Crippen LogP contribution in [0.5, 0.6) is 0 Å². The van der Waals surface area contributed by atoms with Gasteiger partial charge in [-0.3, -0.25) is 4.98 Å². The normalized spacial score (nSPS) is 13.9. The monoisotopic (exact) mass is 456 g/mol. The Hall–Kier alpha value is -3.94. The molecular weight excluding hydrogens is 428 g/mol. The molecule has 0 aliphatic rings. The number of benzene rings is 1. The van der Waals surface area contributed by atoms with Gasteiger partial charge in [0, 0.05) is 42.2 Å². The lowest BCUT2D eigenvalue weighted by Gasteiger charge is -2.36. The van der Waals surface area contributed by atoms with E-state index in [0.29, 0.717) is 17.8 Å². The van der Waals surface area contributed by atoms with Gasteiger partial charge in [0.1, 0.15) is 18.0 Å². The molecule has 0 aliphatic carbocycles. The summed E-state index contributed by atoms with van der Waals surface area (Å²) >= 11 is 0. The molecule has 2 atom stereocenters. The minimum Gasteiger partial charge on any atom is -0.478 e. The van der Waals surface area contributed by atoms with Gasteiger partial charge in [-0.2, -0.15) is 0 Å². The van der Waals surface area contributed by atoms with Crippen molar-refractivity contribution < 1.29 is 9.90 Å². The van der Waals surface area contributed by atoms with Gasteiger partial charge in [0.15, 0.2) is 0 Å². The second kappa shape index (κ2) is 9.51. The Bertz CT molecular complexity index is 1320. The number of nitrogens with zero attached hydrogens (tertiary/aromatic N) is 5. The van der Waals surface area contributed by atoms with E-state index in [1.807, 2.05) is 25.1 Å². The lowest BCUT2D eigenvalue weighted by Crippen LogP contribution is -2.34. The number of anilines is 1. The van der Waals surface area contributed by atoms with Crippen LogP contribution in [0.25, 0.3) is 22.2 Å². The van der Waals surface area contributed by atoms with E-state index >= 15 is 0 Å². The quantitative estimate of drug-likeness (QED) is 0.385. The summed E-state index contributed by atoms with van der Waals surface area (Å²) in [5, 5.41) is 13.7. The highest BCUT2D eigenvalue weighted by molar-refractivity contribution is 6.03. The summed E-state index contributed by atoms with van der Waals surface area (Å²) in [5.41, 5.74) is 3.40. The first-order valence-corrected chi connectivity index (χ1v) is 11.3. The molecule has 2 N–H and O–H groups in total. The number of hydrogen-bond acceptors (Lipinski definition) is 7. The number of carboxylic acids is 1. The second-order valence-electron chi connectivity index (χ2n) is 8.73. The molecule has 0 bridgehead atoms. The average Bonchev–Trinajstić information content (AvgIpc) is 2.86. The van der Waals surface area contributed by atoms with Crippen molar-refractivity contribution in [3.63, 3.8) is 0 Å². The second-order valence-corrected chi connectivity index (χ2v) is 8.73. The third-order valence-electron chi connectivity index (χ3n) is 6.77. The zero-order chi connectivity index (χ0) is 24.3. The number of para-hydroxylation sites is 1. The van der Waals surface area contributed by atoms with Gasteiger partial charge in [-0.15, -0.1) is 0 Å². The fourth-order valence-corrected chi connectivity index (χ4v) is 4.25. The van der Waals surface area contributed by atoms with E-state index in [0.717, 1.165) is 34.6 Å². The molecular formula is C26H28N6O2. The topological polar surface area (TPSA) is 114 Å². The van der Waals surface area contributed by atoms with Crippen molar-refractivity contribution in [2.24, 2.45) is 5.92 Å². The predicted octanol–water partition coefficient (Wildman–Crippen LogP) is 4.90. The molecule has 4 aromatic rings. The molecule has 0 radical (unpaired) electrons. The highest BCUT2D eigenvalue weighted by atomic mass is 16.4. The van der Waals surface area contributed by atoms with Crippen LogP contribution in [0.2, 0.25) is 0 Å². The molecule has 3 heterocycles. The van der Waals surface area contributed by atoms with E-state index in [4.69, 9.17) is 0 Å². The fraction of sp³-hybridized carbons (Fsp3) is 0.308. The van der Waals surface area contributed by atoms with Crippen molar-refractivity contribution >= 4 is 22.7 Å². The Labute approximate surface area is 198 Å². The number of aryl methyl sites for hydroxylation is 1. The van der Waals surface area contributed by atoms with Gasteiger partial charge in [-0.05, 0) is 36.3 Å². The molecule has 3 aromatic heterocycles. The molecule has 0 spiro atoms. The summed E-state index contributed by atoms with van der Waals surface area (Å²) < 4.78 is 0. The zero-order valence-corrected chi connectivity index (χ0v) is 19.8. The highest BCUT2D eigenvalue weighted by Crippen LogP contribution is 2.39. The Morgan fingerprint density at radius 2 is 1.88 bits per heavy atom. The van der Waals surface area contributed by atoms with E-state index in [9.17, 15) is 9.90 Å². The minimum atomic E-state index is -0.948. The number of aromatic nitrogens is 5. The van der Waals surface area contributed by atoms with Crippen LogP contribution in [0, 0.1) is 12.8 Å². The number of fused-ring (bicyclic) bond motifs is 1. The summed E-state index contributed by atoms with van der Waals surface area (Å²) in [7, 11) is 0. The van der Waals surface area contributed by atoms with E-state index < -0.39 is 5.97 Å². The molecule has 34 heavy (non-hydrogen) atoms. The van der Waals surface area contributed by atoms with Crippen molar-refractivity contribution in [1.82, 2.24) is 24.9 Å². The molecule has 0 saturated heterocycles. The molecule has 8 heteroatoms. The number of aromatic carboxylic acids is 1. The Morgan fingerprint density at radius 3 is 2.59 bits per heavy atom. The van der Waals surface area contributed by atoms with Crippen LogP contribution < -0.4 is 5.32 Å². The van der Waals surface area contributed by atoms with Gasteiger partial charge in [0.05, 0.1) is 16.8 Å². The summed E-state index contributed by atoms with van der Waals surface area (Å²) in [6, 6.07) is 9.24. The van der Waals surface area contributed by atoms with Crippen LogP contribution in [0.3, 0.4) is 0 Å². The summed E-state index contributed by atoms with van der Waals surface area (Å²) in [6.07, 6.45) is 7.48. The van der Waals surface area contributed by atoms with E-state index in [1.165, 1.54) is 6.33 Å². The standard InChI is InChI=1S/C26H28N6O2/c1-5-26(4,21-8-6-7-19-20(25(33)34)9-10-27-24(19)21)16(2)12-30-23-11-22(31-15-32-23)18-13-28-17(3)29-14-18/h6-11,13-16H,5,12H2,1-4H3,(H,33,34)(H,30,31,32)/t16?,26-/m1/s1. The Balaban J connectivity index is 1.60. The summed E-state index contributed by atoms with van der Waals surface area (Å²) in [6.45, 7) is 9.05. The van der Waals surface area contributed by atoms with Gasteiger partial charge >= 0.3 is 5.97 Å². The van der Waals surface area contributed by atoms with E-state index in [2.05, 4.69) is 57.1 Å². The zero-order valence-electron chi connectivity index (χ0n) is 19.8. The molecule has 4 rings (SSSR count). The van der Waals surface area contributed by atoms with Gasteiger partial charge in [0.25, 0.3) is 0 Å². The minimum absolute atomic E-state index is 0.194. The van der Waals surface area contributed by atoms with Crippen LogP contribution in [0.15, 0.2) is 55.2 Å². The SMILES string of the molecule is CC[C@@](C)(c1cccc2c(C(=O)O)ccnc12)C(C)CNc1cc(-c2cnc(C)nc2)ncn1. The third kappa shape index (κ3) is 4.44. The van der Waals surface area contributed by atoms with E-state index in [-0.39, 0.29) is 16.9 Å². The number of carbonyl (C=O) groups is 1. The number of carboxylic acid groups (broad SMARTS) is 1. The number of hydrogen-bond donors (Lipinski definition) is 2. The first-order chi connectivity index (χ1) is 16.3. The highest BCUT2D eigenvalue weighted by Gasteiger charge is 2.33. The van der Waals surface area contributed by atoms with Crippen LogP contribution >= 0.6 is 0 Å². The smallest absolute Gasteiger partial charge is 0.336 e. The number of nitrogens with one attached hydrogen (secondary N) is 1. The average molecular weight is 457 g/mol. The van der Waals surface area contributed by atoms with Crippen LogP contribution in [-0.2, 0) is 5.41 Å². The number of pyridine rings is 1. The predicted molar refractivity (Wildman–Crippen MR) is 132 cm³/mol. The fourth-order valence-electron chi connectivity index (χ4n) is 4.25. The largest absolute Gasteiger partial charge is 0.478 e. The number of rotatable bonds is 8. The molecule has 0 amide bonds. The third-order valence-corrected chi connectivity index (χ3v) is 6.77. The van der Waals surface area contributed by atoms with Crippen LogP contribution in [-0.4, -0.2) is 42.5 Å². The molecule has 0 aliphatic heterocycles. The lowest BCUT2D eigenvalue weighted by atomic mass is 9.70. The van der Waals surface area contributed by atoms with Gasteiger partial charge < -0.3 is 10.4 Å². The van der Waals surface area contributed by atoms with E-state index in [1.54, 1.807) is 24.7 Å². The Kier molecular flexibility index (Phi) is 6.49. The first-order valence-electron chi connectivity index (χ1n) is 11.3. The van der Waals surface area contributed by atoms with Crippen molar-refractivity contribution in [2.45, 2.75) is 39.5 Å². The first kappa shape index (κ1) is 23.2. The summed E-state index contributed by atoms with van der Waals surface area (Å²) in [4.78, 5) is 33.5. The Morgan fingerprint density at radius 1 is 1.12 bits per heavy atom. The van der Waals surface area contributed by atoms with Crippen LogP contribution in [0.1, 0.15) is 48.9 Å². The van der Waals surface area contributed by atoms with Gasteiger partial charge in [-0.25, -0.2) is 24.7 Å². The maximum Gasteiger partial charge on any atom is 0.336 e. The van der Waals surface area contributed by atoms with Crippen molar-refractivity contribution in [3.8, 4) is 11.3 Å². The maximum absolute atomic E-state index is 11.7. The summed E-state index contributed by atoms with van der Waals surface area (Å²) in [5.74, 6) is 0.679. The van der Waals surface area contributed by atoms with Gasteiger partial charge in [0.2, 0.25) is 0 Å². The molecule has 1 aromatic carbocycles. The van der Waals surface area contributed by atoms with Crippen LogP contribution in [0.4, 0.5) is 5.82 Å². The van der Waals surface area contributed by atoms with Crippen molar-refractivity contribution in [2.75, 3.05) is 11.9 Å². The molecule has 1 unspecified atom stereocenters. The van der Waals surface area contributed by atoms with Gasteiger partial charge in [-0.1, -0.05) is 39.0 Å². The molecule has 0 fully saturated rings. The maximum atomic E-state index is 11.7. The van der Waals surface area contributed by atoms with Crippen molar-refractivity contribution in [1.29, 1.82) is 0 Å². The molecule has 174 valence electrons. The lowest BCUT2D eigenvalue weighted by molar-refractivity contribution is 0.0699. The molecule has 8 nitrogen and oxygen atoms in total. The van der Waals surface area contributed by atoms with Crippen molar-refractivity contribution in [3.05, 3.63) is 72.2 Å².